The highest BCUT2D eigenvalue weighted by Crippen LogP contribution is 2.37. The van der Waals surface area contributed by atoms with Crippen LogP contribution in [0.1, 0.15) is 89.4 Å². The predicted molar refractivity (Wildman–Crippen MR) is 124 cm³/mol. The summed E-state index contributed by atoms with van der Waals surface area (Å²) in [5.74, 6) is 1.16. The van der Waals surface area contributed by atoms with E-state index in [1.54, 1.807) is 6.07 Å². The first-order valence-electron chi connectivity index (χ1n) is 11.1. The fraction of sp³-hybridized carbons (Fsp3) is 0.667. The molecule has 2 N–H and O–H groups in total. The summed E-state index contributed by atoms with van der Waals surface area (Å²) in [4.78, 5) is 12.7. The third-order valence-electron chi connectivity index (χ3n) is 5.90. The molecule has 0 heterocycles. The third-order valence-corrected chi connectivity index (χ3v) is 6.12. The fourth-order valence-corrected chi connectivity index (χ4v) is 4.25. The van der Waals surface area contributed by atoms with Gasteiger partial charge in [-0.2, -0.15) is 0 Å². The van der Waals surface area contributed by atoms with Crippen LogP contribution in [0.25, 0.3) is 0 Å². The molecule has 1 aliphatic rings. The summed E-state index contributed by atoms with van der Waals surface area (Å²) in [5.41, 5.74) is 0.892. The Bertz CT molecular complexity index is 661. The minimum atomic E-state index is -0.213. The van der Waals surface area contributed by atoms with Crippen LogP contribution < -0.4 is 15.4 Å². The molecule has 29 heavy (non-hydrogen) atoms. The number of hydrogen-bond donors (Lipinski definition) is 2. The number of carbonyl (C=O) groups excluding carboxylic acids is 1. The van der Waals surface area contributed by atoms with Crippen molar-refractivity contribution in [3.8, 4) is 5.75 Å². The Balaban J connectivity index is 1.82. The number of hydrogen-bond acceptors (Lipinski definition) is 3. The summed E-state index contributed by atoms with van der Waals surface area (Å²) in [7, 11) is 0. The Hall–Kier alpha value is -1.62. The normalized spacial score (nSPS) is 19.4. The molecule has 5 heteroatoms. The van der Waals surface area contributed by atoms with Crippen LogP contribution in [0.4, 0.5) is 0 Å². The van der Waals surface area contributed by atoms with E-state index in [1.807, 2.05) is 18.2 Å². The van der Waals surface area contributed by atoms with Crippen LogP contribution in [0.3, 0.4) is 0 Å². The van der Waals surface area contributed by atoms with Gasteiger partial charge in [0, 0.05) is 6.04 Å². The van der Waals surface area contributed by atoms with Crippen molar-refractivity contribution in [1.29, 1.82) is 0 Å². The van der Waals surface area contributed by atoms with E-state index in [1.165, 1.54) is 25.7 Å². The van der Waals surface area contributed by atoms with Crippen molar-refractivity contribution in [3.05, 3.63) is 29.8 Å². The summed E-state index contributed by atoms with van der Waals surface area (Å²) in [6.07, 6.45) is 9.14. The number of para-hydroxylation sites is 1. The summed E-state index contributed by atoms with van der Waals surface area (Å²) < 4.78 is 5.86. The maximum Gasteiger partial charge on any atom is 0.261 e. The molecule has 1 aromatic rings. The van der Waals surface area contributed by atoms with Crippen molar-refractivity contribution in [1.82, 2.24) is 10.6 Å². The SMILES string of the molecule is CCCCCCOc1ccccc1C(=O)NC(=S)NC1CCC(C(C)(C)C)CC1. The predicted octanol–water partition coefficient (Wildman–Crippen LogP) is 5.85. The molecule has 2 rings (SSSR count). The van der Waals surface area contributed by atoms with Crippen LogP contribution in [-0.2, 0) is 0 Å². The van der Waals surface area contributed by atoms with Gasteiger partial charge in [0.05, 0.1) is 12.2 Å². The molecule has 1 fully saturated rings. The lowest BCUT2D eigenvalue weighted by Gasteiger charge is -2.37. The van der Waals surface area contributed by atoms with Gasteiger partial charge in [-0.3, -0.25) is 10.1 Å². The molecule has 0 unspecified atom stereocenters. The first-order valence-corrected chi connectivity index (χ1v) is 11.6. The second-order valence-corrected chi connectivity index (χ2v) is 9.66. The van der Waals surface area contributed by atoms with Gasteiger partial charge in [0.1, 0.15) is 5.75 Å². The van der Waals surface area contributed by atoms with E-state index in [0.29, 0.717) is 34.5 Å². The lowest BCUT2D eigenvalue weighted by atomic mass is 9.71. The smallest absolute Gasteiger partial charge is 0.261 e. The molecule has 0 bridgehead atoms. The Morgan fingerprint density at radius 1 is 1.10 bits per heavy atom. The van der Waals surface area contributed by atoms with Crippen LogP contribution in [0.15, 0.2) is 24.3 Å². The number of amides is 1. The van der Waals surface area contributed by atoms with Crippen LogP contribution in [0.5, 0.6) is 5.75 Å². The summed E-state index contributed by atoms with van der Waals surface area (Å²) in [6.45, 7) is 9.77. The highest BCUT2D eigenvalue weighted by molar-refractivity contribution is 7.80. The molecule has 4 nitrogen and oxygen atoms in total. The van der Waals surface area contributed by atoms with Crippen LogP contribution in [-0.4, -0.2) is 23.7 Å². The molecule has 1 amide bonds. The second-order valence-electron chi connectivity index (χ2n) is 9.25. The van der Waals surface area contributed by atoms with E-state index in [9.17, 15) is 4.79 Å². The maximum absolute atomic E-state index is 12.7. The van der Waals surface area contributed by atoms with E-state index in [0.717, 1.165) is 31.6 Å². The molecule has 1 aliphatic carbocycles. The van der Waals surface area contributed by atoms with Gasteiger partial charge >= 0.3 is 0 Å². The fourth-order valence-electron chi connectivity index (χ4n) is 3.99. The molecular weight excluding hydrogens is 380 g/mol. The monoisotopic (exact) mass is 418 g/mol. The standard InChI is InChI=1S/C24H38N2O2S/c1-5-6-7-10-17-28-21-12-9-8-11-20(21)22(27)26-23(29)25-19-15-13-18(14-16-19)24(2,3)4/h8-9,11-12,18-19H,5-7,10,13-17H2,1-4H3,(H2,25,26,27,29). The average molecular weight is 419 g/mol. The highest BCUT2D eigenvalue weighted by Gasteiger charge is 2.30. The minimum absolute atomic E-state index is 0.213. The first-order chi connectivity index (χ1) is 13.8. The van der Waals surface area contributed by atoms with E-state index in [2.05, 4.69) is 38.3 Å². The van der Waals surface area contributed by atoms with Crippen LogP contribution >= 0.6 is 12.2 Å². The Kier molecular flexibility index (Phi) is 9.41. The van der Waals surface area contributed by atoms with Crippen LogP contribution in [0.2, 0.25) is 0 Å². The topological polar surface area (TPSA) is 50.4 Å². The average Bonchev–Trinajstić information content (AvgIpc) is 2.67. The number of ether oxygens (including phenoxy) is 1. The van der Waals surface area contributed by atoms with Gasteiger partial charge in [0.15, 0.2) is 5.11 Å². The van der Waals surface area contributed by atoms with E-state index in [-0.39, 0.29) is 5.91 Å². The van der Waals surface area contributed by atoms with E-state index < -0.39 is 0 Å². The molecule has 0 saturated heterocycles. The van der Waals surface area contributed by atoms with Crippen molar-refractivity contribution in [3.63, 3.8) is 0 Å². The van der Waals surface area contributed by atoms with Gasteiger partial charge in [-0.05, 0) is 67.8 Å². The van der Waals surface area contributed by atoms with Gasteiger partial charge in [0.25, 0.3) is 5.91 Å². The zero-order chi connectivity index (χ0) is 21.3. The van der Waals surface area contributed by atoms with E-state index >= 15 is 0 Å². The van der Waals surface area contributed by atoms with Crippen molar-refractivity contribution in [2.75, 3.05) is 6.61 Å². The third kappa shape index (κ3) is 7.96. The lowest BCUT2D eigenvalue weighted by Crippen LogP contribution is -2.46. The molecule has 1 saturated carbocycles. The summed E-state index contributed by atoms with van der Waals surface area (Å²) in [6, 6.07) is 7.71. The zero-order valence-electron chi connectivity index (χ0n) is 18.6. The van der Waals surface area contributed by atoms with Gasteiger partial charge in [0.2, 0.25) is 0 Å². The van der Waals surface area contributed by atoms with Gasteiger partial charge in [-0.1, -0.05) is 59.1 Å². The van der Waals surface area contributed by atoms with Crippen molar-refractivity contribution < 1.29 is 9.53 Å². The molecule has 0 aromatic heterocycles. The lowest BCUT2D eigenvalue weighted by molar-refractivity contribution is 0.0972. The number of benzene rings is 1. The van der Waals surface area contributed by atoms with Gasteiger partial charge < -0.3 is 10.1 Å². The van der Waals surface area contributed by atoms with Gasteiger partial charge in [-0.25, -0.2) is 0 Å². The number of nitrogens with one attached hydrogen (secondary N) is 2. The van der Waals surface area contributed by atoms with Crippen molar-refractivity contribution >= 4 is 23.2 Å². The number of thiocarbonyl (C=S) groups is 1. The Morgan fingerprint density at radius 2 is 1.79 bits per heavy atom. The quantitative estimate of drug-likeness (QED) is 0.410. The molecule has 0 radical (unpaired) electrons. The summed E-state index contributed by atoms with van der Waals surface area (Å²) in [5, 5.41) is 6.58. The zero-order valence-corrected chi connectivity index (χ0v) is 19.4. The summed E-state index contributed by atoms with van der Waals surface area (Å²) >= 11 is 5.41. The molecule has 0 aliphatic heterocycles. The maximum atomic E-state index is 12.7. The van der Waals surface area contributed by atoms with Crippen molar-refractivity contribution in [2.45, 2.75) is 85.1 Å². The van der Waals surface area contributed by atoms with Gasteiger partial charge in [-0.15, -0.1) is 0 Å². The molecule has 162 valence electrons. The number of rotatable bonds is 8. The highest BCUT2D eigenvalue weighted by atomic mass is 32.1. The number of unbranched alkanes of at least 4 members (excludes halogenated alkanes) is 3. The molecule has 0 spiro atoms. The van der Waals surface area contributed by atoms with Crippen molar-refractivity contribution in [2.24, 2.45) is 11.3 Å². The largest absolute Gasteiger partial charge is 0.493 e. The number of carbonyl (C=O) groups is 1. The van der Waals surface area contributed by atoms with E-state index in [4.69, 9.17) is 17.0 Å². The second kappa shape index (κ2) is 11.5. The molecular formula is C24H38N2O2S. The Labute approximate surface area is 182 Å². The first kappa shape index (κ1) is 23.7. The Morgan fingerprint density at radius 3 is 2.45 bits per heavy atom. The molecule has 1 aromatic carbocycles. The van der Waals surface area contributed by atoms with Crippen LogP contribution in [0, 0.1) is 11.3 Å². The molecule has 0 atom stereocenters. The minimum Gasteiger partial charge on any atom is -0.493 e.